The number of anilines is 1. The lowest BCUT2D eigenvalue weighted by atomic mass is 10.2. The lowest BCUT2D eigenvalue weighted by Crippen LogP contribution is -2.28. The molecule has 19 heavy (non-hydrogen) atoms. The average Bonchev–Trinajstić information content (AvgIpc) is 3.18. The van der Waals surface area contributed by atoms with E-state index in [1.807, 2.05) is 0 Å². The Hall–Kier alpha value is -2.11. The first-order valence-electron chi connectivity index (χ1n) is 6.44. The Kier molecular flexibility index (Phi) is 4.33. The third kappa shape index (κ3) is 4.57. The first-order chi connectivity index (χ1) is 9.15. The van der Waals surface area contributed by atoms with Gasteiger partial charge in [0.05, 0.1) is 0 Å². The molecule has 1 aromatic heterocycles. The highest BCUT2D eigenvalue weighted by molar-refractivity contribution is 5.92. The molecule has 6 heteroatoms. The molecule has 1 fully saturated rings. The molecular formula is C13H18N4O2. The fourth-order valence-corrected chi connectivity index (χ4v) is 1.64. The van der Waals surface area contributed by atoms with Crippen LogP contribution in [0.15, 0.2) is 18.3 Å². The Morgan fingerprint density at radius 1 is 1.42 bits per heavy atom. The van der Waals surface area contributed by atoms with Crippen molar-refractivity contribution in [3.8, 4) is 0 Å². The van der Waals surface area contributed by atoms with Crippen LogP contribution in [0.4, 0.5) is 5.69 Å². The van der Waals surface area contributed by atoms with E-state index in [4.69, 9.17) is 5.73 Å². The van der Waals surface area contributed by atoms with Crippen LogP contribution in [-0.2, 0) is 4.79 Å². The topological polar surface area (TPSA) is 97.1 Å². The summed E-state index contributed by atoms with van der Waals surface area (Å²) in [7, 11) is 0. The zero-order chi connectivity index (χ0) is 13.7. The van der Waals surface area contributed by atoms with Gasteiger partial charge in [-0.2, -0.15) is 0 Å². The minimum Gasteiger partial charge on any atom is -0.399 e. The molecule has 1 aromatic rings. The first kappa shape index (κ1) is 13.3. The van der Waals surface area contributed by atoms with Crippen molar-refractivity contribution in [1.82, 2.24) is 15.6 Å². The summed E-state index contributed by atoms with van der Waals surface area (Å²) in [5, 5.41) is 5.61. The first-order valence-corrected chi connectivity index (χ1v) is 6.44. The van der Waals surface area contributed by atoms with E-state index in [0.29, 0.717) is 36.8 Å². The van der Waals surface area contributed by atoms with Crippen LogP contribution in [0.5, 0.6) is 0 Å². The third-order valence-corrected chi connectivity index (χ3v) is 2.83. The summed E-state index contributed by atoms with van der Waals surface area (Å²) in [5.41, 5.74) is 6.37. The van der Waals surface area contributed by atoms with Crippen molar-refractivity contribution in [3.05, 3.63) is 24.0 Å². The van der Waals surface area contributed by atoms with Crippen LogP contribution in [-0.4, -0.2) is 29.4 Å². The number of hydrogen-bond acceptors (Lipinski definition) is 4. The van der Waals surface area contributed by atoms with Crippen molar-refractivity contribution >= 4 is 17.5 Å². The highest BCUT2D eigenvalue weighted by Crippen LogP contribution is 2.18. The van der Waals surface area contributed by atoms with Crippen molar-refractivity contribution in [1.29, 1.82) is 0 Å². The van der Waals surface area contributed by atoms with E-state index < -0.39 is 0 Å². The number of nitrogens with two attached hydrogens (primary N) is 1. The van der Waals surface area contributed by atoms with Crippen molar-refractivity contribution in [3.63, 3.8) is 0 Å². The van der Waals surface area contributed by atoms with Gasteiger partial charge >= 0.3 is 0 Å². The van der Waals surface area contributed by atoms with Gasteiger partial charge in [-0.25, -0.2) is 0 Å². The summed E-state index contributed by atoms with van der Waals surface area (Å²) in [6.45, 7) is 0.452. The number of nitrogens with one attached hydrogen (secondary N) is 2. The predicted octanol–water partition coefficient (Wildman–Crippen LogP) is 0.452. The maximum Gasteiger partial charge on any atom is 0.269 e. The van der Waals surface area contributed by atoms with Gasteiger partial charge in [-0.3, -0.25) is 14.6 Å². The van der Waals surface area contributed by atoms with Crippen LogP contribution in [0.2, 0.25) is 0 Å². The molecule has 6 nitrogen and oxygen atoms in total. The van der Waals surface area contributed by atoms with Crippen molar-refractivity contribution in [2.75, 3.05) is 12.3 Å². The van der Waals surface area contributed by atoms with E-state index in [1.54, 1.807) is 6.07 Å². The zero-order valence-electron chi connectivity index (χ0n) is 10.7. The molecule has 0 radical (unpaired) electrons. The minimum atomic E-state index is -0.269. The molecule has 2 rings (SSSR count). The molecule has 1 saturated carbocycles. The quantitative estimate of drug-likeness (QED) is 0.648. The molecule has 0 spiro atoms. The molecule has 1 heterocycles. The molecule has 1 aliphatic carbocycles. The van der Waals surface area contributed by atoms with Gasteiger partial charge in [0.2, 0.25) is 5.91 Å². The average molecular weight is 262 g/mol. The molecule has 0 aromatic carbocycles. The van der Waals surface area contributed by atoms with E-state index in [-0.39, 0.29) is 11.8 Å². The summed E-state index contributed by atoms with van der Waals surface area (Å²) in [6, 6.07) is 3.53. The second kappa shape index (κ2) is 6.17. The van der Waals surface area contributed by atoms with Crippen molar-refractivity contribution in [2.45, 2.75) is 31.7 Å². The molecule has 102 valence electrons. The Labute approximate surface area is 111 Å². The lowest BCUT2D eigenvalue weighted by molar-refractivity contribution is -0.121. The Morgan fingerprint density at radius 3 is 2.89 bits per heavy atom. The van der Waals surface area contributed by atoms with Crippen molar-refractivity contribution < 1.29 is 9.59 Å². The standard InChI is InChI=1S/C13H18N4O2/c14-9-5-7-15-11(8-9)13(19)16-6-1-2-12(18)17-10-3-4-10/h5,7-8,10H,1-4,6H2,(H2,14,15)(H,16,19)(H,17,18). The number of nitrogens with zero attached hydrogens (tertiary/aromatic N) is 1. The zero-order valence-corrected chi connectivity index (χ0v) is 10.7. The van der Waals surface area contributed by atoms with E-state index in [1.165, 1.54) is 12.3 Å². The third-order valence-electron chi connectivity index (χ3n) is 2.83. The predicted molar refractivity (Wildman–Crippen MR) is 71.4 cm³/mol. The second-order valence-corrected chi connectivity index (χ2v) is 4.68. The maximum absolute atomic E-state index is 11.7. The van der Waals surface area contributed by atoms with E-state index in [0.717, 1.165) is 12.8 Å². The van der Waals surface area contributed by atoms with Gasteiger partial charge < -0.3 is 16.4 Å². The van der Waals surface area contributed by atoms with Gasteiger partial charge in [-0.05, 0) is 31.4 Å². The number of aromatic nitrogens is 1. The van der Waals surface area contributed by atoms with E-state index in [2.05, 4.69) is 15.6 Å². The number of carbonyl (C=O) groups excluding carboxylic acids is 2. The molecule has 2 amide bonds. The van der Waals surface area contributed by atoms with Crippen LogP contribution in [0, 0.1) is 0 Å². The van der Waals surface area contributed by atoms with Crippen LogP contribution >= 0.6 is 0 Å². The monoisotopic (exact) mass is 262 g/mol. The summed E-state index contributed by atoms with van der Waals surface area (Å²) in [6.07, 6.45) is 4.72. The van der Waals surface area contributed by atoms with Crippen LogP contribution in [0.25, 0.3) is 0 Å². The number of hydrogen-bond donors (Lipinski definition) is 3. The Bertz CT molecular complexity index is 471. The van der Waals surface area contributed by atoms with Gasteiger partial charge in [0.15, 0.2) is 0 Å². The molecule has 4 N–H and O–H groups in total. The molecule has 0 bridgehead atoms. The molecule has 0 unspecified atom stereocenters. The van der Waals surface area contributed by atoms with Crippen LogP contribution < -0.4 is 16.4 Å². The molecule has 0 atom stereocenters. The maximum atomic E-state index is 11.7. The van der Waals surface area contributed by atoms with Crippen molar-refractivity contribution in [2.24, 2.45) is 0 Å². The fraction of sp³-hybridized carbons (Fsp3) is 0.462. The summed E-state index contributed by atoms with van der Waals surface area (Å²) < 4.78 is 0. The number of rotatable bonds is 6. The van der Waals surface area contributed by atoms with Gasteiger partial charge in [0.1, 0.15) is 5.69 Å². The lowest BCUT2D eigenvalue weighted by Gasteiger charge is -2.05. The second-order valence-electron chi connectivity index (χ2n) is 4.68. The van der Waals surface area contributed by atoms with Gasteiger partial charge in [-0.15, -0.1) is 0 Å². The largest absolute Gasteiger partial charge is 0.399 e. The highest BCUT2D eigenvalue weighted by Gasteiger charge is 2.22. The Morgan fingerprint density at radius 2 is 2.21 bits per heavy atom. The number of carbonyl (C=O) groups is 2. The van der Waals surface area contributed by atoms with Gasteiger partial charge in [-0.1, -0.05) is 0 Å². The SMILES string of the molecule is Nc1ccnc(C(=O)NCCCC(=O)NC2CC2)c1. The molecule has 0 saturated heterocycles. The van der Waals surface area contributed by atoms with E-state index in [9.17, 15) is 9.59 Å². The van der Waals surface area contributed by atoms with Crippen LogP contribution in [0.3, 0.4) is 0 Å². The smallest absolute Gasteiger partial charge is 0.269 e. The van der Waals surface area contributed by atoms with Gasteiger partial charge in [0, 0.05) is 30.9 Å². The summed E-state index contributed by atoms with van der Waals surface area (Å²) in [4.78, 5) is 27.0. The molecule has 1 aliphatic rings. The summed E-state index contributed by atoms with van der Waals surface area (Å²) >= 11 is 0. The fourth-order valence-electron chi connectivity index (χ4n) is 1.64. The normalized spacial score (nSPS) is 13.9. The Balaban J connectivity index is 1.64. The van der Waals surface area contributed by atoms with Crippen LogP contribution in [0.1, 0.15) is 36.2 Å². The molecule has 0 aliphatic heterocycles. The minimum absolute atomic E-state index is 0.0545. The summed E-state index contributed by atoms with van der Waals surface area (Å²) in [5.74, 6) is -0.214. The molecular weight excluding hydrogens is 244 g/mol. The van der Waals surface area contributed by atoms with Gasteiger partial charge in [0.25, 0.3) is 5.91 Å². The highest BCUT2D eigenvalue weighted by atomic mass is 16.2. The van der Waals surface area contributed by atoms with E-state index >= 15 is 0 Å². The number of amides is 2. The number of nitrogen functional groups attached to an aromatic ring is 1. The number of pyridine rings is 1.